The van der Waals surface area contributed by atoms with E-state index in [4.69, 9.17) is 9.05 Å². The minimum absolute atomic E-state index is 0.0542. The molecule has 0 rings (SSSR count). The lowest BCUT2D eigenvalue weighted by Crippen LogP contribution is -2.45. The summed E-state index contributed by atoms with van der Waals surface area (Å²) in [6.07, 6.45) is 50.4. The highest BCUT2D eigenvalue weighted by molar-refractivity contribution is 7.47. The Kier molecular flexibility index (Phi) is 38.8. The molecule has 0 bridgehead atoms. The van der Waals surface area contributed by atoms with Gasteiger partial charge in [-0.3, -0.25) is 13.8 Å². The van der Waals surface area contributed by atoms with Gasteiger partial charge in [-0.05, 0) is 64.2 Å². The van der Waals surface area contributed by atoms with Crippen LogP contribution >= 0.6 is 7.82 Å². The van der Waals surface area contributed by atoms with Gasteiger partial charge in [0, 0.05) is 6.42 Å². The maximum absolute atomic E-state index is 12.9. The zero-order valence-corrected chi connectivity index (χ0v) is 38.7. The van der Waals surface area contributed by atoms with Gasteiger partial charge < -0.3 is 19.8 Å². The van der Waals surface area contributed by atoms with E-state index in [1.807, 2.05) is 27.2 Å². The van der Waals surface area contributed by atoms with E-state index >= 15 is 0 Å². The number of phosphoric acid groups is 1. The second-order valence-corrected chi connectivity index (χ2v) is 18.6. The smallest absolute Gasteiger partial charge is 0.387 e. The van der Waals surface area contributed by atoms with Crippen molar-refractivity contribution >= 4 is 13.7 Å². The van der Waals surface area contributed by atoms with Crippen LogP contribution < -0.4 is 5.32 Å². The molecule has 3 unspecified atom stereocenters. The average molecular weight is 824 g/mol. The number of nitrogens with one attached hydrogen (secondary N) is 1. The molecular weight excluding hydrogens is 732 g/mol. The van der Waals surface area contributed by atoms with Crippen LogP contribution in [0.3, 0.4) is 0 Å². The highest BCUT2D eigenvalue weighted by atomic mass is 31.2. The van der Waals surface area contributed by atoms with Gasteiger partial charge in [0.25, 0.3) is 0 Å². The number of nitrogens with zero attached hydrogens (tertiary/aromatic N) is 1. The molecule has 8 nitrogen and oxygen atoms in total. The Morgan fingerprint density at radius 3 is 1.54 bits per heavy atom. The van der Waals surface area contributed by atoms with Crippen molar-refractivity contribution in [2.24, 2.45) is 0 Å². The van der Waals surface area contributed by atoms with Crippen LogP contribution in [0.4, 0.5) is 0 Å². The molecular formula is C48H92N2O6P+. The maximum Gasteiger partial charge on any atom is 0.472 e. The number of carbonyl (C=O) groups is 1. The van der Waals surface area contributed by atoms with Crippen molar-refractivity contribution in [3.63, 3.8) is 0 Å². The largest absolute Gasteiger partial charge is 0.472 e. The third kappa shape index (κ3) is 42.4. The summed E-state index contributed by atoms with van der Waals surface area (Å²) in [6.45, 7) is 4.76. The highest BCUT2D eigenvalue weighted by Gasteiger charge is 2.27. The molecule has 9 heteroatoms. The summed E-state index contributed by atoms with van der Waals surface area (Å²) >= 11 is 0. The number of hydrogen-bond acceptors (Lipinski definition) is 5. The van der Waals surface area contributed by atoms with Gasteiger partial charge in [-0.15, -0.1) is 0 Å². The van der Waals surface area contributed by atoms with Crippen LogP contribution in [0.2, 0.25) is 0 Å². The average Bonchev–Trinajstić information content (AvgIpc) is 3.16. The molecule has 3 N–H and O–H groups in total. The predicted octanol–water partition coefficient (Wildman–Crippen LogP) is 13.2. The summed E-state index contributed by atoms with van der Waals surface area (Å²) in [6, 6.07) is -0.865. The van der Waals surface area contributed by atoms with Gasteiger partial charge in [0.2, 0.25) is 5.91 Å². The third-order valence-electron chi connectivity index (χ3n) is 10.3. The molecule has 0 radical (unpaired) electrons. The first-order valence-corrected chi connectivity index (χ1v) is 25.0. The SMILES string of the molecule is CCCCC/C=C\C/C=C\CCCCCCCCCCCC(=O)NC(COP(=O)(O)OCC[N+](C)(C)C)C(O)/C=C/CC/C=C/CCCCCCCCCCCC. The Labute approximate surface area is 352 Å². The van der Waals surface area contributed by atoms with Crippen molar-refractivity contribution < 1.29 is 32.9 Å². The highest BCUT2D eigenvalue weighted by Crippen LogP contribution is 2.43. The van der Waals surface area contributed by atoms with Crippen molar-refractivity contribution in [3.8, 4) is 0 Å². The van der Waals surface area contributed by atoms with Crippen molar-refractivity contribution in [3.05, 3.63) is 48.6 Å². The molecule has 0 saturated heterocycles. The number of hydrogen-bond donors (Lipinski definition) is 3. The summed E-state index contributed by atoms with van der Waals surface area (Å²) in [5.74, 6) is -0.193. The van der Waals surface area contributed by atoms with Gasteiger partial charge in [-0.25, -0.2) is 4.57 Å². The summed E-state index contributed by atoms with van der Waals surface area (Å²) in [4.78, 5) is 23.1. The zero-order valence-electron chi connectivity index (χ0n) is 37.8. The second kappa shape index (κ2) is 39.9. The molecule has 0 spiro atoms. The molecule has 334 valence electrons. The lowest BCUT2D eigenvalue weighted by molar-refractivity contribution is -0.870. The van der Waals surface area contributed by atoms with Gasteiger partial charge in [-0.2, -0.15) is 0 Å². The van der Waals surface area contributed by atoms with Crippen LogP contribution in [-0.4, -0.2) is 73.4 Å². The van der Waals surface area contributed by atoms with Crippen LogP contribution in [0.25, 0.3) is 0 Å². The molecule has 0 aromatic heterocycles. The number of rotatable bonds is 42. The molecule has 0 aliphatic heterocycles. The first kappa shape index (κ1) is 55.5. The van der Waals surface area contributed by atoms with E-state index < -0.39 is 20.0 Å². The van der Waals surface area contributed by atoms with Crippen LogP contribution in [0.15, 0.2) is 48.6 Å². The van der Waals surface area contributed by atoms with Crippen LogP contribution in [-0.2, 0) is 18.4 Å². The van der Waals surface area contributed by atoms with Crippen LogP contribution in [0, 0.1) is 0 Å². The standard InChI is InChI=1S/C48H91N2O6P/c1-6-8-10-12-14-16-18-20-22-24-25-26-28-30-32-34-36-38-40-42-48(52)49-46(45-56-57(53,54)55-44-43-50(3,4)5)47(51)41-39-37-35-33-31-29-27-23-21-19-17-15-13-11-9-7-2/h14,16,20,22,31,33,39,41,46-47,51H,6-13,15,17-19,21,23-30,32,34-38,40,42-45H2,1-5H3,(H-,49,52,53,54)/p+1/b16-14-,22-20-,33-31+,41-39+. The fraction of sp³-hybridized carbons (Fsp3) is 0.812. The first-order chi connectivity index (χ1) is 27.5. The monoisotopic (exact) mass is 824 g/mol. The Balaban J connectivity index is 4.43. The number of quaternary nitrogens is 1. The minimum atomic E-state index is -4.35. The lowest BCUT2D eigenvalue weighted by atomic mass is 10.1. The molecule has 0 aliphatic rings. The Bertz CT molecular complexity index is 1070. The van der Waals surface area contributed by atoms with Crippen molar-refractivity contribution in [1.82, 2.24) is 5.32 Å². The molecule has 0 aromatic rings. The summed E-state index contributed by atoms with van der Waals surface area (Å²) < 4.78 is 23.6. The summed E-state index contributed by atoms with van der Waals surface area (Å²) in [5, 5.41) is 13.8. The Morgan fingerprint density at radius 2 is 1.02 bits per heavy atom. The number of likely N-dealkylation sites (N-methyl/N-ethyl adjacent to an activating group) is 1. The van der Waals surface area contributed by atoms with Crippen molar-refractivity contribution in [1.29, 1.82) is 0 Å². The molecule has 0 heterocycles. The van der Waals surface area contributed by atoms with E-state index in [2.05, 4.69) is 55.6 Å². The first-order valence-electron chi connectivity index (χ1n) is 23.5. The lowest BCUT2D eigenvalue weighted by Gasteiger charge is -2.25. The van der Waals surface area contributed by atoms with E-state index in [-0.39, 0.29) is 19.1 Å². The number of amides is 1. The number of phosphoric ester groups is 1. The van der Waals surface area contributed by atoms with E-state index in [9.17, 15) is 19.4 Å². The molecule has 0 aromatic carbocycles. The van der Waals surface area contributed by atoms with Crippen LogP contribution in [0.5, 0.6) is 0 Å². The third-order valence-corrected chi connectivity index (χ3v) is 11.3. The van der Waals surface area contributed by atoms with Gasteiger partial charge in [0.05, 0.1) is 39.9 Å². The molecule has 0 fully saturated rings. The molecule has 0 saturated carbocycles. The normalized spacial score (nSPS) is 14.7. The van der Waals surface area contributed by atoms with Gasteiger partial charge in [0.15, 0.2) is 0 Å². The predicted molar refractivity (Wildman–Crippen MR) is 244 cm³/mol. The van der Waals surface area contributed by atoms with Crippen molar-refractivity contribution in [2.45, 2.75) is 212 Å². The summed E-state index contributed by atoms with van der Waals surface area (Å²) in [7, 11) is 1.55. The quantitative estimate of drug-likeness (QED) is 0.0245. The van der Waals surface area contributed by atoms with E-state index in [1.54, 1.807) is 6.08 Å². The van der Waals surface area contributed by atoms with Gasteiger partial charge >= 0.3 is 7.82 Å². The van der Waals surface area contributed by atoms with Gasteiger partial charge in [0.1, 0.15) is 13.2 Å². The molecule has 3 atom stereocenters. The Morgan fingerprint density at radius 1 is 0.596 bits per heavy atom. The minimum Gasteiger partial charge on any atom is -0.387 e. The number of carbonyl (C=O) groups excluding carboxylic acids is 1. The summed E-state index contributed by atoms with van der Waals surface area (Å²) in [5.41, 5.74) is 0. The topological polar surface area (TPSA) is 105 Å². The zero-order chi connectivity index (χ0) is 42.1. The number of allylic oxidation sites excluding steroid dienone is 7. The van der Waals surface area contributed by atoms with E-state index in [0.29, 0.717) is 17.4 Å². The van der Waals surface area contributed by atoms with Gasteiger partial charge in [-0.1, -0.05) is 178 Å². The molecule has 1 amide bonds. The maximum atomic E-state index is 12.9. The molecule has 0 aliphatic carbocycles. The van der Waals surface area contributed by atoms with E-state index in [1.165, 1.54) is 135 Å². The number of unbranched alkanes of at least 4 members (excludes halogenated alkanes) is 23. The van der Waals surface area contributed by atoms with E-state index in [0.717, 1.165) is 44.9 Å². The fourth-order valence-electron chi connectivity index (χ4n) is 6.50. The molecule has 57 heavy (non-hydrogen) atoms. The second-order valence-electron chi connectivity index (χ2n) is 17.1. The fourth-order valence-corrected chi connectivity index (χ4v) is 7.23. The number of aliphatic hydroxyl groups excluding tert-OH is 1. The Hall–Kier alpha value is -1.54. The van der Waals surface area contributed by atoms with Crippen LogP contribution in [0.1, 0.15) is 200 Å². The number of aliphatic hydroxyl groups is 1. The van der Waals surface area contributed by atoms with Crippen molar-refractivity contribution in [2.75, 3.05) is 40.9 Å².